The van der Waals surface area contributed by atoms with Gasteiger partial charge in [-0.15, -0.1) is 10.2 Å². The van der Waals surface area contributed by atoms with Crippen LogP contribution in [-0.4, -0.2) is 31.7 Å². The molecule has 0 spiro atoms. The summed E-state index contributed by atoms with van der Waals surface area (Å²) in [5.41, 5.74) is 0. The highest BCUT2D eigenvalue weighted by Crippen LogP contribution is 2.18. The van der Waals surface area contributed by atoms with E-state index in [1.54, 1.807) is 18.1 Å². The summed E-state index contributed by atoms with van der Waals surface area (Å²) in [6.45, 7) is 5.08. The predicted octanol–water partition coefficient (Wildman–Crippen LogP) is 1.42. The minimum Gasteiger partial charge on any atom is -0.362 e. The topological polar surface area (TPSA) is 55.1 Å². The van der Waals surface area contributed by atoms with Crippen molar-refractivity contribution < 1.29 is 0 Å². The summed E-state index contributed by atoms with van der Waals surface area (Å²) >= 11 is 1.79. The molecule has 1 aliphatic rings. The second-order valence-electron chi connectivity index (χ2n) is 4.61. The fourth-order valence-corrected chi connectivity index (χ4v) is 2.69. The molecule has 0 radical (unpaired) electrons. The number of thioether (sulfide) groups is 1. The molecular weight excluding hydrogens is 234 g/mol. The van der Waals surface area contributed by atoms with E-state index in [1.165, 1.54) is 6.42 Å². The smallest absolute Gasteiger partial charge is 0.157 e. The second kappa shape index (κ2) is 5.53. The van der Waals surface area contributed by atoms with Gasteiger partial charge >= 0.3 is 0 Å². The number of nitrogens with one attached hydrogen (secondary N) is 1. The van der Waals surface area contributed by atoms with Crippen LogP contribution in [0.3, 0.4) is 0 Å². The number of hydrogen-bond acceptors (Lipinski definition) is 4. The molecule has 2 heterocycles. The highest BCUT2D eigenvalue weighted by atomic mass is 32.2. The first-order valence-electron chi connectivity index (χ1n) is 5.93. The summed E-state index contributed by atoms with van der Waals surface area (Å²) < 4.78 is 1.90. The fraction of sp³-hybridized carbons (Fsp3) is 0.727. The van der Waals surface area contributed by atoms with Gasteiger partial charge in [0.15, 0.2) is 11.0 Å². The Kier molecular flexibility index (Phi) is 4.04. The van der Waals surface area contributed by atoms with Gasteiger partial charge in [0.25, 0.3) is 0 Å². The van der Waals surface area contributed by atoms with E-state index in [4.69, 9.17) is 0 Å². The van der Waals surface area contributed by atoms with Gasteiger partial charge in [-0.2, -0.15) is 0 Å². The summed E-state index contributed by atoms with van der Waals surface area (Å²) in [4.78, 5) is 4.56. The molecule has 0 bridgehead atoms. The largest absolute Gasteiger partial charge is 0.362 e. The molecule has 1 aromatic heterocycles. The lowest BCUT2D eigenvalue weighted by molar-refractivity contribution is 0.442. The molecule has 0 amide bonds. The second-order valence-corrected chi connectivity index (χ2v) is 5.70. The standard InChI is InChI=1S/C11H19N5S/c1-8(2)9-4-5-17-11(14-9)12-6-10-15-13-7-16(10)3/h7-9H,4-6H2,1-3H3,(H,12,14). The maximum Gasteiger partial charge on any atom is 0.157 e. The quantitative estimate of drug-likeness (QED) is 0.885. The van der Waals surface area contributed by atoms with Crippen LogP contribution < -0.4 is 5.32 Å². The summed E-state index contributed by atoms with van der Waals surface area (Å²) in [6, 6.07) is 0.550. The predicted molar refractivity (Wildman–Crippen MR) is 71.0 cm³/mol. The minimum atomic E-state index is 0.550. The van der Waals surface area contributed by atoms with E-state index in [0.717, 1.165) is 16.7 Å². The molecular formula is C11H19N5S. The fourth-order valence-electron chi connectivity index (χ4n) is 1.74. The SMILES string of the molecule is CC(C)C1CCSC(=NCc2nncn2C)N1. The van der Waals surface area contributed by atoms with E-state index in [0.29, 0.717) is 18.5 Å². The Labute approximate surface area is 106 Å². The molecule has 1 atom stereocenters. The molecule has 17 heavy (non-hydrogen) atoms. The van der Waals surface area contributed by atoms with Crippen LogP contribution in [0.15, 0.2) is 11.3 Å². The molecule has 6 heteroatoms. The van der Waals surface area contributed by atoms with Gasteiger partial charge in [-0.1, -0.05) is 25.6 Å². The Morgan fingerprint density at radius 3 is 3.12 bits per heavy atom. The lowest BCUT2D eigenvalue weighted by atomic mass is 10.0. The third kappa shape index (κ3) is 3.21. The van der Waals surface area contributed by atoms with Crippen LogP contribution in [0.4, 0.5) is 0 Å². The van der Waals surface area contributed by atoms with E-state index in [2.05, 4.69) is 34.4 Å². The monoisotopic (exact) mass is 253 g/mol. The number of nitrogens with zero attached hydrogens (tertiary/aromatic N) is 4. The van der Waals surface area contributed by atoms with Crippen LogP contribution in [0.1, 0.15) is 26.1 Å². The molecule has 1 N–H and O–H groups in total. The van der Waals surface area contributed by atoms with Crippen molar-refractivity contribution in [3.8, 4) is 0 Å². The zero-order valence-corrected chi connectivity index (χ0v) is 11.4. The number of aryl methyl sites for hydroxylation is 1. The van der Waals surface area contributed by atoms with Crippen LogP contribution >= 0.6 is 11.8 Å². The molecule has 1 aliphatic heterocycles. The Balaban J connectivity index is 1.95. The van der Waals surface area contributed by atoms with E-state index in [9.17, 15) is 0 Å². The van der Waals surface area contributed by atoms with Crippen molar-refractivity contribution >= 4 is 16.9 Å². The molecule has 0 aliphatic carbocycles. The summed E-state index contributed by atoms with van der Waals surface area (Å²) in [5.74, 6) is 2.69. The third-order valence-electron chi connectivity index (χ3n) is 2.95. The Bertz CT molecular complexity index is 398. The van der Waals surface area contributed by atoms with Crippen molar-refractivity contribution in [1.29, 1.82) is 0 Å². The third-order valence-corrected chi connectivity index (χ3v) is 3.91. The van der Waals surface area contributed by atoms with Gasteiger partial charge in [0.05, 0.1) is 0 Å². The lowest BCUT2D eigenvalue weighted by Crippen LogP contribution is -2.41. The average Bonchev–Trinajstić information content (AvgIpc) is 2.72. The Hall–Kier alpha value is -1.04. The molecule has 1 fully saturated rings. The van der Waals surface area contributed by atoms with E-state index in [1.807, 2.05) is 11.6 Å². The zero-order chi connectivity index (χ0) is 12.3. The lowest BCUT2D eigenvalue weighted by Gasteiger charge is -2.28. The summed E-state index contributed by atoms with van der Waals surface area (Å²) in [7, 11) is 1.94. The Morgan fingerprint density at radius 1 is 1.65 bits per heavy atom. The van der Waals surface area contributed by atoms with Crippen molar-refractivity contribution in [2.24, 2.45) is 18.0 Å². The van der Waals surface area contributed by atoms with E-state index < -0.39 is 0 Å². The molecule has 1 unspecified atom stereocenters. The maximum absolute atomic E-state index is 4.56. The minimum absolute atomic E-state index is 0.550. The zero-order valence-electron chi connectivity index (χ0n) is 10.6. The molecule has 5 nitrogen and oxygen atoms in total. The number of rotatable bonds is 3. The van der Waals surface area contributed by atoms with Crippen molar-refractivity contribution in [2.45, 2.75) is 32.9 Å². The number of hydrogen-bond donors (Lipinski definition) is 1. The Morgan fingerprint density at radius 2 is 2.47 bits per heavy atom. The maximum atomic E-state index is 4.56. The first-order valence-corrected chi connectivity index (χ1v) is 6.92. The molecule has 1 aromatic rings. The van der Waals surface area contributed by atoms with Crippen molar-refractivity contribution in [1.82, 2.24) is 20.1 Å². The molecule has 2 rings (SSSR count). The van der Waals surface area contributed by atoms with Gasteiger partial charge < -0.3 is 9.88 Å². The normalized spacial score (nSPS) is 23.1. The average molecular weight is 253 g/mol. The van der Waals surface area contributed by atoms with Gasteiger partial charge in [-0.3, -0.25) is 4.99 Å². The molecule has 94 valence electrons. The van der Waals surface area contributed by atoms with Crippen LogP contribution in [0.2, 0.25) is 0 Å². The number of amidine groups is 1. The van der Waals surface area contributed by atoms with Crippen molar-refractivity contribution in [3.05, 3.63) is 12.2 Å². The van der Waals surface area contributed by atoms with Crippen LogP contribution in [0.25, 0.3) is 0 Å². The van der Waals surface area contributed by atoms with Gasteiger partial charge in [-0.25, -0.2) is 0 Å². The number of aromatic nitrogens is 3. The first-order chi connectivity index (χ1) is 8.16. The van der Waals surface area contributed by atoms with Crippen LogP contribution in [-0.2, 0) is 13.6 Å². The van der Waals surface area contributed by atoms with Gasteiger partial charge in [-0.05, 0) is 12.3 Å². The van der Waals surface area contributed by atoms with Gasteiger partial charge in [0.2, 0.25) is 0 Å². The van der Waals surface area contributed by atoms with Crippen molar-refractivity contribution in [2.75, 3.05) is 5.75 Å². The van der Waals surface area contributed by atoms with Crippen LogP contribution in [0, 0.1) is 5.92 Å². The van der Waals surface area contributed by atoms with Gasteiger partial charge in [0.1, 0.15) is 12.9 Å². The first kappa shape index (κ1) is 12.4. The summed E-state index contributed by atoms with van der Waals surface area (Å²) in [6.07, 6.45) is 2.92. The highest BCUT2D eigenvalue weighted by molar-refractivity contribution is 8.13. The number of aliphatic imine (C=N–C) groups is 1. The van der Waals surface area contributed by atoms with E-state index in [-0.39, 0.29) is 0 Å². The summed E-state index contributed by atoms with van der Waals surface area (Å²) in [5, 5.41) is 12.4. The van der Waals surface area contributed by atoms with E-state index >= 15 is 0 Å². The highest BCUT2D eigenvalue weighted by Gasteiger charge is 2.20. The molecule has 1 saturated heterocycles. The molecule has 0 saturated carbocycles. The van der Waals surface area contributed by atoms with Crippen LogP contribution in [0.5, 0.6) is 0 Å². The van der Waals surface area contributed by atoms with Gasteiger partial charge in [0, 0.05) is 18.8 Å². The van der Waals surface area contributed by atoms with Crippen molar-refractivity contribution in [3.63, 3.8) is 0 Å². The molecule has 0 aromatic carbocycles.